The van der Waals surface area contributed by atoms with Crippen LogP contribution in [0.25, 0.3) is 11.3 Å². The van der Waals surface area contributed by atoms with Gasteiger partial charge in [0.1, 0.15) is 5.69 Å². The summed E-state index contributed by atoms with van der Waals surface area (Å²) in [7, 11) is -1.72. The van der Waals surface area contributed by atoms with Gasteiger partial charge in [0.25, 0.3) is 0 Å². The molecule has 3 aromatic rings. The van der Waals surface area contributed by atoms with Crippen LogP contribution in [-0.4, -0.2) is 55.7 Å². The Balaban J connectivity index is 1.71. The van der Waals surface area contributed by atoms with Crippen molar-refractivity contribution in [3.8, 4) is 11.3 Å². The lowest BCUT2D eigenvalue weighted by Crippen LogP contribution is -2.19. The maximum Gasteiger partial charge on any atom is 0.241 e. The van der Waals surface area contributed by atoms with Gasteiger partial charge in [0.15, 0.2) is 9.84 Å². The van der Waals surface area contributed by atoms with Crippen molar-refractivity contribution in [1.82, 2.24) is 15.3 Å². The first kappa shape index (κ1) is 27.1. The Labute approximate surface area is 211 Å². The van der Waals surface area contributed by atoms with Gasteiger partial charge in [-0.1, -0.05) is 24.3 Å². The van der Waals surface area contributed by atoms with Crippen molar-refractivity contribution in [3.05, 3.63) is 77.2 Å². The summed E-state index contributed by atoms with van der Waals surface area (Å²) in [5.41, 5.74) is 3.39. The van der Waals surface area contributed by atoms with Crippen LogP contribution in [0.1, 0.15) is 36.4 Å². The van der Waals surface area contributed by atoms with Crippen LogP contribution in [0.4, 0.5) is 0 Å². The molecule has 0 saturated carbocycles. The van der Waals surface area contributed by atoms with E-state index in [-0.39, 0.29) is 22.4 Å². The smallest absolute Gasteiger partial charge is 0.241 e. The number of hydrogen-bond donors (Lipinski definition) is 3. The summed E-state index contributed by atoms with van der Waals surface area (Å²) in [6.45, 7) is 7.04. The number of nitrogens with zero attached hydrogens (tertiary/aromatic N) is 2. The van der Waals surface area contributed by atoms with Gasteiger partial charge in [-0.05, 0) is 50.6 Å². The molecule has 0 aliphatic carbocycles. The Hall–Kier alpha value is -3.47. The normalized spacial score (nSPS) is 11.5. The van der Waals surface area contributed by atoms with Gasteiger partial charge in [-0.2, -0.15) is 0 Å². The molecule has 0 radical (unpaired) electrons. The van der Waals surface area contributed by atoms with E-state index in [1.807, 2.05) is 12.1 Å². The molecule has 1 heterocycles. The molecular formula is C26H31N5O4S. The van der Waals surface area contributed by atoms with Crippen LogP contribution < -0.4 is 5.32 Å². The monoisotopic (exact) mass is 509 g/mol. The maximum atomic E-state index is 12.4. The van der Waals surface area contributed by atoms with Crippen molar-refractivity contribution in [2.75, 3.05) is 20.3 Å². The SMILES string of the molecule is COCCNCc1ccc(C(=N)OC(=N)c2nc(-c3ccc(S(=O)(=O)C(C)C)cc3)cnc2C)cc1. The lowest BCUT2D eigenvalue weighted by molar-refractivity contribution is 0.199. The second-order valence-corrected chi connectivity index (χ2v) is 10.9. The van der Waals surface area contributed by atoms with Gasteiger partial charge < -0.3 is 14.8 Å². The predicted octanol–water partition coefficient (Wildman–Crippen LogP) is 3.74. The van der Waals surface area contributed by atoms with E-state index in [2.05, 4.69) is 15.3 Å². The van der Waals surface area contributed by atoms with Gasteiger partial charge in [0.2, 0.25) is 11.8 Å². The first-order valence-corrected chi connectivity index (χ1v) is 13.0. The molecule has 1 aromatic heterocycles. The van der Waals surface area contributed by atoms with Crippen LogP contribution in [0.2, 0.25) is 0 Å². The molecule has 0 atom stereocenters. The molecule has 190 valence electrons. The molecule has 0 spiro atoms. The van der Waals surface area contributed by atoms with Crippen LogP contribution in [-0.2, 0) is 25.9 Å². The van der Waals surface area contributed by atoms with E-state index >= 15 is 0 Å². The molecule has 0 aliphatic rings. The summed E-state index contributed by atoms with van der Waals surface area (Å²) < 4.78 is 35.3. The third kappa shape index (κ3) is 6.60. The lowest BCUT2D eigenvalue weighted by Gasteiger charge is -2.12. The lowest BCUT2D eigenvalue weighted by atomic mass is 10.1. The maximum absolute atomic E-state index is 12.4. The Morgan fingerprint density at radius 1 is 1.03 bits per heavy atom. The first-order valence-electron chi connectivity index (χ1n) is 11.5. The summed E-state index contributed by atoms with van der Waals surface area (Å²) in [5, 5.41) is 19.4. The van der Waals surface area contributed by atoms with E-state index in [4.69, 9.17) is 20.3 Å². The topological polar surface area (TPSA) is 138 Å². The van der Waals surface area contributed by atoms with Crippen LogP contribution in [0.15, 0.2) is 59.6 Å². The van der Waals surface area contributed by atoms with Gasteiger partial charge in [0.05, 0.1) is 34.3 Å². The van der Waals surface area contributed by atoms with E-state index in [1.54, 1.807) is 70.5 Å². The Kier molecular flexibility index (Phi) is 9.03. The Bertz CT molecular complexity index is 1320. The number of nitrogens with one attached hydrogen (secondary N) is 3. The fourth-order valence-corrected chi connectivity index (χ4v) is 4.34. The zero-order valence-electron chi connectivity index (χ0n) is 20.8. The molecule has 0 aliphatic heterocycles. The van der Waals surface area contributed by atoms with Crippen LogP contribution in [0.3, 0.4) is 0 Å². The van der Waals surface area contributed by atoms with Crippen LogP contribution in [0.5, 0.6) is 0 Å². The van der Waals surface area contributed by atoms with E-state index < -0.39 is 15.1 Å². The minimum Gasteiger partial charge on any atom is -0.419 e. The average Bonchev–Trinajstić information content (AvgIpc) is 2.87. The van der Waals surface area contributed by atoms with E-state index in [0.717, 1.165) is 12.1 Å². The summed E-state index contributed by atoms with van der Waals surface area (Å²) in [5.74, 6) is -0.468. The van der Waals surface area contributed by atoms with E-state index in [1.165, 1.54) is 0 Å². The van der Waals surface area contributed by atoms with Gasteiger partial charge in [-0.3, -0.25) is 15.8 Å². The first-order chi connectivity index (χ1) is 17.1. The number of aryl methyl sites for hydroxylation is 1. The number of rotatable bonds is 10. The zero-order chi connectivity index (χ0) is 26.3. The highest BCUT2D eigenvalue weighted by atomic mass is 32.2. The van der Waals surface area contributed by atoms with Crippen molar-refractivity contribution in [1.29, 1.82) is 10.8 Å². The van der Waals surface area contributed by atoms with Gasteiger partial charge in [-0.15, -0.1) is 0 Å². The van der Waals surface area contributed by atoms with Crippen molar-refractivity contribution in [2.45, 2.75) is 37.5 Å². The highest BCUT2D eigenvalue weighted by Gasteiger charge is 2.20. The Morgan fingerprint density at radius 3 is 2.31 bits per heavy atom. The molecule has 3 rings (SSSR count). The predicted molar refractivity (Wildman–Crippen MR) is 139 cm³/mol. The Morgan fingerprint density at radius 2 is 1.69 bits per heavy atom. The van der Waals surface area contributed by atoms with Crippen molar-refractivity contribution in [2.24, 2.45) is 0 Å². The highest BCUT2D eigenvalue weighted by Crippen LogP contribution is 2.22. The van der Waals surface area contributed by atoms with Gasteiger partial charge >= 0.3 is 0 Å². The summed E-state index contributed by atoms with van der Waals surface area (Å²) in [6, 6.07) is 13.7. The zero-order valence-corrected chi connectivity index (χ0v) is 21.6. The van der Waals surface area contributed by atoms with E-state index in [0.29, 0.717) is 35.7 Å². The molecule has 10 heteroatoms. The van der Waals surface area contributed by atoms with Gasteiger partial charge in [0, 0.05) is 31.3 Å². The molecule has 9 nitrogen and oxygen atoms in total. The number of benzene rings is 2. The second-order valence-electron chi connectivity index (χ2n) is 8.43. The minimum absolute atomic E-state index is 0.172. The van der Waals surface area contributed by atoms with Gasteiger partial charge in [-0.25, -0.2) is 13.4 Å². The number of methoxy groups -OCH3 is 1. The van der Waals surface area contributed by atoms with Crippen molar-refractivity contribution in [3.63, 3.8) is 0 Å². The number of hydrogen-bond acceptors (Lipinski definition) is 9. The average molecular weight is 510 g/mol. The minimum atomic E-state index is -3.38. The summed E-state index contributed by atoms with van der Waals surface area (Å²) in [6.07, 6.45) is 1.56. The molecule has 0 bridgehead atoms. The number of sulfone groups is 1. The highest BCUT2D eigenvalue weighted by molar-refractivity contribution is 7.92. The molecule has 0 unspecified atom stereocenters. The van der Waals surface area contributed by atoms with Crippen LogP contribution >= 0.6 is 0 Å². The third-order valence-corrected chi connectivity index (χ3v) is 7.67. The standard InChI is InChI=1S/C26H31N5O4S/c1-17(2)36(32,33)22-11-9-20(10-12-22)23-16-30-18(3)24(31-23)26(28)35-25(27)21-7-5-19(6-8-21)15-29-13-14-34-4/h5-12,16-17,27-29H,13-15H2,1-4H3. The molecular weight excluding hydrogens is 478 g/mol. The molecule has 0 saturated heterocycles. The fourth-order valence-electron chi connectivity index (χ4n) is 3.28. The largest absolute Gasteiger partial charge is 0.419 e. The second kappa shape index (κ2) is 12.0. The van der Waals surface area contributed by atoms with Crippen molar-refractivity contribution >= 4 is 21.6 Å². The fraction of sp³-hybridized carbons (Fsp3) is 0.308. The number of aromatic nitrogens is 2. The molecule has 36 heavy (non-hydrogen) atoms. The summed E-state index contributed by atoms with van der Waals surface area (Å²) >= 11 is 0. The molecule has 0 fully saturated rings. The molecule has 3 N–H and O–H groups in total. The molecule has 2 aromatic carbocycles. The van der Waals surface area contributed by atoms with E-state index in [9.17, 15) is 8.42 Å². The quantitative estimate of drug-likeness (QED) is 0.215. The number of ether oxygens (including phenoxy) is 2. The van der Waals surface area contributed by atoms with Crippen LogP contribution in [0, 0.1) is 17.7 Å². The van der Waals surface area contributed by atoms with Crippen molar-refractivity contribution < 1.29 is 17.9 Å². The third-order valence-electron chi connectivity index (χ3n) is 5.50. The summed E-state index contributed by atoms with van der Waals surface area (Å²) in [4.78, 5) is 9.06. The molecule has 0 amide bonds.